The van der Waals surface area contributed by atoms with Crippen molar-refractivity contribution >= 4 is 0 Å². The zero-order valence-electron chi connectivity index (χ0n) is 10.1. The van der Waals surface area contributed by atoms with Gasteiger partial charge in [0.05, 0.1) is 6.04 Å². The van der Waals surface area contributed by atoms with E-state index in [0.717, 1.165) is 37.5 Å². The molecule has 1 aliphatic heterocycles. The summed E-state index contributed by atoms with van der Waals surface area (Å²) in [4.78, 5) is 0. The summed E-state index contributed by atoms with van der Waals surface area (Å²) in [7, 11) is 0. The molecule has 17 heavy (non-hydrogen) atoms. The van der Waals surface area contributed by atoms with E-state index < -0.39 is 0 Å². The van der Waals surface area contributed by atoms with Gasteiger partial charge < -0.3 is 19.9 Å². The molecule has 0 amide bonds. The van der Waals surface area contributed by atoms with Crippen LogP contribution in [-0.4, -0.2) is 31.5 Å². The maximum absolute atomic E-state index is 9.34. The van der Waals surface area contributed by atoms with Crippen molar-refractivity contribution in [3.05, 3.63) is 23.8 Å². The lowest BCUT2D eigenvalue weighted by atomic mass is 10.1. The molecule has 0 fully saturated rings. The predicted octanol–water partition coefficient (Wildman–Crippen LogP) is 1.84. The molecular weight excluding hydrogens is 218 g/mol. The second kappa shape index (κ2) is 5.89. The Morgan fingerprint density at radius 2 is 2.41 bits per heavy atom. The van der Waals surface area contributed by atoms with Crippen molar-refractivity contribution in [1.82, 2.24) is 5.32 Å². The third-order valence-electron chi connectivity index (χ3n) is 2.84. The first-order valence-corrected chi connectivity index (χ1v) is 6.08. The van der Waals surface area contributed by atoms with Gasteiger partial charge in [0.25, 0.3) is 0 Å². The van der Waals surface area contributed by atoms with Gasteiger partial charge in [0, 0.05) is 24.8 Å². The van der Waals surface area contributed by atoms with Gasteiger partial charge in [-0.15, -0.1) is 0 Å². The number of aromatic hydroxyl groups is 1. The average molecular weight is 237 g/mol. The molecule has 0 aromatic heterocycles. The number of phenolic OH excluding ortho intramolecular Hbond substituents is 1. The number of fused-ring (bicyclic) bond motifs is 1. The molecule has 0 saturated carbocycles. The summed E-state index contributed by atoms with van der Waals surface area (Å²) < 4.78 is 10.8. The molecule has 1 aromatic rings. The number of ether oxygens (including phenoxy) is 2. The Kier molecular flexibility index (Phi) is 4.23. The number of hydrogen-bond donors (Lipinski definition) is 2. The van der Waals surface area contributed by atoms with Crippen LogP contribution in [0, 0.1) is 0 Å². The highest BCUT2D eigenvalue weighted by Crippen LogP contribution is 2.34. The SMILES string of the molecule is CCOCCCNC1COc2cc(O)ccc21. The fourth-order valence-corrected chi connectivity index (χ4v) is 1.96. The van der Waals surface area contributed by atoms with Crippen LogP contribution in [0.5, 0.6) is 11.5 Å². The number of benzene rings is 1. The average Bonchev–Trinajstić information content (AvgIpc) is 2.71. The van der Waals surface area contributed by atoms with Crippen molar-refractivity contribution in [1.29, 1.82) is 0 Å². The van der Waals surface area contributed by atoms with Crippen LogP contribution in [-0.2, 0) is 4.74 Å². The van der Waals surface area contributed by atoms with Crippen molar-refractivity contribution in [2.24, 2.45) is 0 Å². The molecule has 1 aliphatic rings. The second-order valence-corrected chi connectivity index (χ2v) is 4.09. The highest BCUT2D eigenvalue weighted by molar-refractivity contribution is 5.44. The van der Waals surface area contributed by atoms with Gasteiger partial charge in [0.2, 0.25) is 0 Å². The minimum atomic E-state index is 0.229. The minimum Gasteiger partial charge on any atom is -0.508 e. The van der Waals surface area contributed by atoms with Gasteiger partial charge in [0.15, 0.2) is 0 Å². The van der Waals surface area contributed by atoms with Gasteiger partial charge in [-0.25, -0.2) is 0 Å². The largest absolute Gasteiger partial charge is 0.508 e. The monoisotopic (exact) mass is 237 g/mol. The molecular formula is C13H19NO3. The Morgan fingerprint density at radius 3 is 3.24 bits per heavy atom. The maximum Gasteiger partial charge on any atom is 0.127 e. The Hall–Kier alpha value is -1.26. The van der Waals surface area contributed by atoms with E-state index in [0.29, 0.717) is 6.61 Å². The lowest BCUT2D eigenvalue weighted by Gasteiger charge is -2.11. The highest BCUT2D eigenvalue weighted by atomic mass is 16.5. The predicted molar refractivity (Wildman–Crippen MR) is 65.5 cm³/mol. The van der Waals surface area contributed by atoms with Crippen LogP contribution < -0.4 is 10.1 Å². The number of rotatable bonds is 6. The number of phenols is 1. The van der Waals surface area contributed by atoms with E-state index in [1.807, 2.05) is 13.0 Å². The molecule has 1 unspecified atom stereocenters. The van der Waals surface area contributed by atoms with E-state index in [2.05, 4.69) is 5.32 Å². The molecule has 94 valence electrons. The van der Waals surface area contributed by atoms with Crippen LogP contribution in [0.4, 0.5) is 0 Å². The molecule has 0 saturated heterocycles. The molecule has 0 aliphatic carbocycles. The topological polar surface area (TPSA) is 50.7 Å². The van der Waals surface area contributed by atoms with Crippen molar-refractivity contribution in [2.45, 2.75) is 19.4 Å². The van der Waals surface area contributed by atoms with E-state index >= 15 is 0 Å². The molecule has 2 rings (SSSR count). The van der Waals surface area contributed by atoms with E-state index in [4.69, 9.17) is 9.47 Å². The molecule has 1 atom stereocenters. The van der Waals surface area contributed by atoms with Crippen LogP contribution in [0.3, 0.4) is 0 Å². The number of hydrogen-bond acceptors (Lipinski definition) is 4. The van der Waals surface area contributed by atoms with Gasteiger partial charge >= 0.3 is 0 Å². The maximum atomic E-state index is 9.34. The van der Waals surface area contributed by atoms with Gasteiger partial charge in [-0.2, -0.15) is 0 Å². The van der Waals surface area contributed by atoms with E-state index in [1.54, 1.807) is 12.1 Å². The van der Waals surface area contributed by atoms with Gasteiger partial charge in [-0.1, -0.05) is 0 Å². The third-order valence-corrected chi connectivity index (χ3v) is 2.84. The third kappa shape index (κ3) is 3.11. The molecule has 0 spiro atoms. The van der Waals surface area contributed by atoms with Gasteiger partial charge in [-0.3, -0.25) is 0 Å². The Morgan fingerprint density at radius 1 is 1.53 bits per heavy atom. The fourth-order valence-electron chi connectivity index (χ4n) is 1.96. The molecule has 4 nitrogen and oxygen atoms in total. The molecule has 4 heteroatoms. The first kappa shape index (κ1) is 12.2. The normalized spacial score (nSPS) is 17.8. The zero-order chi connectivity index (χ0) is 12.1. The van der Waals surface area contributed by atoms with Crippen LogP contribution in [0.25, 0.3) is 0 Å². The Balaban J connectivity index is 1.81. The zero-order valence-corrected chi connectivity index (χ0v) is 10.1. The quantitative estimate of drug-likeness (QED) is 0.741. The second-order valence-electron chi connectivity index (χ2n) is 4.09. The van der Waals surface area contributed by atoms with Crippen LogP contribution >= 0.6 is 0 Å². The fraction of sp³-hybridized carbons (Fsp3) is 0.538. The summed E-state index contributed by atoms with van der Waals surface area (Å²) in [6.45, 7) is 5.11. The molecule has 1 aromatic carbocycles. The standard InChI is InChI=1S/C13H19NO3/c1-2-16-7-3-6-14-12-9-17-13-8-10(15)4-5-11(12)13/h4-5,8,12,14-15H,2-3,6-7,9H2,1H3. The summed E-state index contributed by atoms with van der Waals surface area (Å²) >= 11 is 0. The molecule has 1 heterocycles. The summed E-state index contributed by atoms with van der Waals surface area (Å²) in [6.07, 6.45) is 0.998. The van der Waals surface area contributed by atoms with Crippen LogP contribution in [0.15, 0.2) is 18.2 Å². The minimum absolute atomic E-state index is 0.229. The molecule has 2 N–H and O–H groups in total. The van der Waals surface area contributed by atoms with E-state index in [1.165, 1.54) is 0 Å². The van der Waals surface area contributed by atoms with Crippen molar-refractivity contribution in [3.63, 3.8) is 0 Å². The first-order valence-electron chi connectivity index (χ1n) is 6.08. The molecule has 0 radical (unpaired) electrons. The van der Waals surface area contributed by atoms with Crippen molar-refractivity contribution in [3.8, 4) is 11.5 Å². The van der Waals surface area contributed by atoms with Crippen molar-refractivity contribution in [2.75, 3.05) is 26.4 Å². The van der Waals surface area contributed by atoms with Gasteiger partial charge in [0.1, 0.15) is 18.1 Å². The first-order chi connectivity index (χ1) is 8.31. The smallest absolute Gasteiger partial charge is 0.127 e. The van der Waals surface area contributed by atoms with Crippen LogP contribution in [0.1, 0.15) is 24.9 Å². The lowest BCUT2D eigenvalue weighted by molar-refractivity contribution is 0.143. The highest BCUT2D eigenvalue weighted by Gasteiger charge is 2.23. The summed E-state index contributed by atoms with van der Waals surface area (Å²) in [5, 5.41) is 12.8. The van der Waals surface area contributed by atoms with E-state index in [9.17, 15) is 5.11 Å². The summed E-state index contributed by atoms with van der Waals surface area (Å²) in [5.74, 6) is 1.04. The Labute approximate surface area is 102 Å². The summed E-state index contributed by atoms with van der Waals surface area (Å²) in [6, 6.07) is 5.50. The van der Waals surface area contributed by atoms with Gasteiger partial charge in [-0.05, 0) is 32.0 Å². The van der Waals surface area contributed by atoms with E-state index in [-0.39, 0.29) is 11.8 Å². The van der Waals surface area contributed by atoms with Crippen LogP contribution in [0.2, 0.25) is 0 Å². The lowest BCUT2D eigenvalue weighted by Crippen LogP contribution is -2.24. The number of nitrogens with one attached hydrogen (secondary N) is 1. The molecule has 0 bridgehead atoms. The summed E-state index contributed by atoms with van der Waals surface area (Å²) in [5.41, 5.74) is 1.12. The Bertz CT molecular complexity index is 368. The van der Waals surface area contributed by atoms with Crippen molar-refractivity contribution < 1.29 is 14.6 Å².